The third-order valence-corrected chi connectivity index (χ3v) is 3.98. The SMILES string of the molecule is COc1ccc(C(C)CC(=O)N(CC(C)C)CC(C)C)c(OC)c1. The zero-order valence-electron chi connectivity index (χ0n) is 16.3. The number of hydrogen-bond donors (Lipinski definition) is 0. The summed E-state index contributed by atoms with van der Waals surface area (Å²) in [6.45, 7) is 12.3. The fourth-order valence-electron chi connectivity index (χ4n) is 2.89. The highest BCUT2D eigenvalue weighted by atomic mass is 16.5. The summed E-state index contributed by atoms with van der Waals surface area (Å²) in [4.78, 5) is 14.8. The van der Waals surface area contributed by atoms with Crippen LogP contribution in [0.4, 0.5) is 0 Å². The van der Waals surface area contributed by atoms with E-state index in [9.17, 15) is 4.79 Å². The van der Waals surface area contributed by atoms with E-state index in [-0.39, 0.29) is 11.8 Å². The molecule has 1 amide bonds. The fourth-order valence-corrected chi connectivity index (χ4v) is 2.89. The van der Waals surface area contributed by atoms with E-state index in [0.717, 1.165) is 30.2 Å². The second-order valence-corrected chi connectivity index (χ2v) is 7.30. The summed E-state index contributed by atoms with van der Waals surface area (Å²) < 4.78 is 10.7. The van der Waals surface area contributed by atoms with E-state index >= 15 is 0 Å². The molecule has 1 unspecified atom stereocenters. The van der Waals surface area contributed by atoms with Gasteiger partial charge in [0.25, 0.3) is 0 Å². The molecule has 136 valence electrons. The van der Waals surface area contributed by atoms with Crippen LogP contribution in [0.1, 0.15) is 52.5 Å². The normalized spacial score (nSPS) is 12.4. The van der Waals surface area contributed by atoms with Gasteiger partial charge in [-0.1, -0.05) is 40.7 Å². The molecule has 4 heteroatoms. The molecule has 0 heterocycles. The van der Waals surface area contributed by atoms with E-state index in [1.165, 1.54) is 0 Å². The molecule has 0 aliphatic carbocycles. The zero-order chi connectivity index (χ0) is 18.3. The highest BCUT2D eigenvalue weighted by molar-refractivity contribution is 5.77. The summed E-state index contributed by atoms with van der Waals surface area (Å²) in [5, 5.41) is 0. The fraction of sp³-hybridized carbons (Fsp3) is 0.650. The molecule has 1 aromatic rings. The summed E-state index contributed by atoms with van der Waals surface area (Å²) in [6.07, 6.45) is 0.488. The molecule has 0 aromatic heterocycles. The van der Waals surface area contributed by atoms with E-state index in [1.54, 1.807) is 14.2 Å². The van der Waals surface area contributed by atoms with Gasteiger partial charge in [-0.05, 0) is 29.4 Å². The first-order chi connectivity index (χ1) is 11.3. The molecule has 0 aliphatic rings. The van der Waals surface area contributed by atoms with E-state index < -0.39 is 0 Å². The Labute approximate surface area is 147 Å². The zero-order valence-corrected chi connectivity index (χ0v) is 16.3. The summed E-state index contributed by atoms with van der Waals surface area (Å²) >= 11 is 0. The van der Waals surface area contributed by atoms with Crippen molar-refractivity contribution < 1.29 is 14.3 Å². The number of carbonyl (C=O) groups excluding carboxylic acids is 1. The Morgan fingerprint density at radius 2 is 1.58 bits per heavy atom. The highest BCUT2D eigenvalue weighted by Crippen LogP contribution is 2.32. The maximum atomic E-state index is 12.8. The van der Waals surface area contributed by atoms with Crippen LogP contribution in [-0.2, 0) is 4.79 Å². The first-order valence-corrected chi connectivity index (χ1v) is 8.78. The van der Waals surface area contributed by atoms with Gasteiger partial charge in [0.1, 0.15) is 11.5 Å². The van der Waals surface area contributed by atoms with Crippen LogP contribution in [0.25, 0.3) is 0 Å². The molecule has 1 atom stereocenters. The minimum Gasteiger partial charge on any atom is -0.497 e. The number of benzene rings is 1. The summed E-state index contributed by atoms with van der Waals surface area (Å²) in [6, 6.07) is 5.78. The first kappa shape index (κ1) is 20.3. The summed E-state index contributed by atoms with van der Waals surface area (Å²) in [5.74, 6) is 2.78. The highest BCUT2D eigenvalue weighted by Gasteiger charge is 2.21. The van der Waals surface area contributed by atoms with Crippen LogP contribution >= 0.6 is 0 Å². The second-order valence-electron chi connectivity index (χ2n) is 7.30. The van der Waals surface area contributed by atoms with Crippen molar-refractivity contribution >= 4 is 5.91 Å². The third kappa shape index (κ3) is 6.06. The van der Waals surface area contributed by atoms with E-state index in [4.69, 9.17) is 9.47 Å². The quantitative estimate of drug-likeness (QED) is 0.674. The molecule has 1 rings (SSSR count). The van der Waals surface area contributed by atoms with E-state index in [1.807, 2.05) is 23.1 Å². The van der Waals surface area contributed by atoms with E-state index in [0.29, 0.717) is 18.3 Å². The molecule has 0 radical (unpaired) electrons. The molecular formula is C20H33NO3. The molecule has 0 fully saturated rings. The molecule has 0 spiro atoms. The number of methoxy groups -OCH3 is 2. The molecule has 1 aromatic carbocycles. The molecule has 24 heavy (non-hydrogen) atoms. The van der Waals surface area contributed by atoms with Crippen molar-refractivity contribution in [3.63, 3.8) is 0 Å². The number of ether oxygens (including phenoxy) is 2. The first-order valence-electron chi connectivity index (χ1n) is 8.78. The Kier molecular flexibility index (Phi) is 8.09. The lowest BCUT2D eigenvalue weighted by molar-refractivity contribution is -0.132. The number of nitrogens with zero attached hydrogens (tertiary/aromatic N) is 1. The van der Waals surface area contributed by atoms with Crippen LogP contribution in [0.15, 0.2) is 18.2 Å². The van der Waals surface area contributed by atoms with Crippen LogP contribution in [0.3, 0.4) is 0 Å². The predicted molar refractivity (Wildman–Crippen MR) is 98.8 cm³/mol. The van der Waals surface area contributed by atoms with Crippen LogP contribution in [0.5, 0.6) is 11.5 Å². The van der Waals surface area contributed by atoms with Crippen molar-refractivity contribution in [2.75, 3.05) is 27.3 Å². The van der Waals surface area contributed by atoms with Crippen LogP contribution < -0.4 is 9.47 Å². The number of hydrogen-bond acceptors (Lipinski definition) is 3. The Hall–Kier alpha value is -1.71. The Morgan fingerprint density at radius 3 is 2.04 bits per heavy atom. The van der Waals surface area contributed by atoms with Gasteiger partial charge in [-0.25, -0.2) is 0 Å². The molecule has 0 saturated carbocycles. The van der Waals surface area contributed by atoms with Gasteiger partial charge < -0.3 is 14.4 Å². The third-order valence-electron chi connectivity index (χ3n) is 3.98. The molecule has 0 N–H and O–H groups in total. The molecule has 0 aliphatic heterocycles. The van der Waals surface area contributed by atoms with Crippen molar-refractivity contribution in [1.82, 2.24) is 4.90 Å². The Balaban J connectivity index is 2.87. The lowest BCUT2D eigenvalue weighted by Gasteiger charge is -2.28. The van der Waals surface area contributed by atoms with Crippen molar-refractivity contribution in [2.24, 2.45) is 11.8 Å². The van der Waals surface area contributed by atoms with Crippen molar-refractivity contribution in [3.8, 4) is 11.5 Å². The van der Waals surface area contributed by atoms with Gasteiger partial charge in [-0.2, -0.15) is 0 Å². The van der Waals surface area contributed by atoms with Crippen LogP contribution in [0, 0.1) is 11.8 Å². The van der Waals surface area contributed by atoms with Gasteiger partial charge in [0.15, 0.2) is 0 Å². The maximum Gasteiger partial charge on any atom is 0.223 e. The Bertz CT molecular complexity index is 516. The lowest BCUT2D eigenvalue weighted by Crippen LogP contribution is -2.37. The number of carbonyl (C=O) groups is 1. The summed E-state index contributed by atoms with van der Waals surface area (Å²) in [5.41, 5.74) is 1.04. The molecular weight excluding hydrogens is 302 g/mol. The largest absolute Gasteiger partial charge is 0.497 e. The summed E-state index contributed by atoms with van der Waals surface area (Å²) in [7, 11) is 3.29. The smallest absolute Gasteiger partial charge is 0.223 e. The monoisotopic (exact) mass is 335 g/mol. The average molecular weight is 335 g/mol. The van der Waals surface area contributed by atoms with Crippen LogP contribution in [0.2, 0.25) is 0 Å². The van der Waals surface area contributed by atoms with Crippen molar-refractivity contribution in [2.45, 2.75) is 47.0 Å². The van der Waals surface area contributed by atoms with Gasteiger partial charge in [0, 0.05) is 25.6 Å². The van der Waals surface area contributed by atoms with Crippen molar-refractivity contribution in [1.29, 1.82) is 0 Å². The minimum atomic E-state index is 0.0974. The van der Waals surface area contributed by atoms with Crippen molar-refractivity contribution in [3.05, 3.63) is 23.8 Å². The standard InChI is InChI=1S/C20H33NO3/c1-14(2)12-21(13-15(3)4)20(22)10-16(5)18-9-8-17(23-6)11-19(18)24-7/h8-9,11,14-16H,10,12-13H2,1-7H3. The number of rotatable bonds is 9. The van der Waals surface area contributed by atoms with Gasteiger partial charge in [0.05, 0.1) is 14.2 Å². The lowest BCUT2D eigenvalue weighted by atomic mass is 9.95. The molecule has 0 saturated heterocycles. The minimum absolute atomic E-state index is 0.0974. The van der Waals surface area contributed by atoms with Crippen LogP contribution in [-0.4, -0.2) is 38.1 Å². The molecule has 0 bridgehead atoms. The van der Waals surface area contributed by atoms with E-state index in [2.05, 4.69) is 34.6 Å². The Morgan fingerprint density at radius 1 is 1.00 bits per heavy atom. The molecule has 4 nitrogen and oxygen atoms in total. The predicted octanol–water partition coefficient (Wildman–Crippen LogP) is 4.34. The topological polar surface area (TPSA) is 38.8 Å². The average Bonchev–Trinajstić information content (AvgIpc) is 2.52. The maximum absolute atomic E-state index is 12.8. The van der Waals surface area contributed by atoms with Gasteiger partial charge >= 0.3 is 0 Å². The van der Waals surface area contributed by atoms with Gasteiger partial charge in [-0.3, -0.25) is 4.79 Å². The second kappa shape index (κ2) is 9.55. The van der Waals surface area contributed by atoms with Gasteiger partial charge in [-0.15, -0.1) is 0 Å². The van der Waals surface area contributed by atoms with Gasteiger partial charge in [0.2, 0.25) is 5.91 Å². The number of amides is 1.